The van der Waals surface area contributed by atoms with Gasteiger partial charge in [-0.2, -0.15) is 0 Å². The summed E-state index contributed by atoms with van der Waals surface area (Å²) in [5.74, 6) is 0.632. The van der Waals surface area contributed by atoms with Crippen LogP contribution in [0.4, 0.5) is 5.69 Å². The predicted octanol–water partition coefficient (Wildman–Crippen LogP) is 1.96. The van der Waals surface area contributed by atoms with E-state index in [9.17, 15) is 9.59 Å². The number of hydrogen-bond acceptors (Lipinski definition) is 4. The van der Waals surface area contributed by atoms with Crippen LogP contribution in [0.3, 0.4) is 0 Å². The third kappa shape index (κ3) is 6.01. The molecular formula is C23H27N2O4+. The molecule has 0 spiro atoms. The SMILES string of the molecule is COc1ccc(C(=O)/C=C/c2ccc(NC(C)=O)cc2)cc1C[NH+]1CCOCC1. The fourth-order valence-corrected chi connectivity index (χ4v) is 3.33. The zero-order valence-electron chi connectivity index (χ0n) is 16.9. The van der Waals surface area contributed by atoms with E-state index in [1.807, 2.05) is 36.4 Å². The molecule has 6 heteroatoms. The Morgan fingerprint density at radius 2 is 1.86 bits per heavy atom. The topological polar surface area (TPSA) is 69.1 Å². The lowest BCUT2D eigenvalue weighted by Crippen LogP contribution is -3.12. The van der Waals surface area contributed by atoms with Gasteiger partial charge in [-0.25, -0.2) is 0 Å². The molecule has 0 aliphatic carbocycles. The number of rotatable bonds is 7. The maximum absolute atomic E-state index is 12.7. The number of methoxy groups -OCH3 is 1. The lowest BCUT2D eigenvalue weighted by molar-refractivity contribution is -0.921. The van der Waals surface area contributed by atoms with Crippen LogP contribution in [0.15, 0.2) is 48.5 Å². The van der Waals surface area contributed by atoms with Crippen LogP contribution in [0.25, 0.3) is 6.08 Å². The molecule has 0 atom stereocenters. The molecule has 1 saturated heterocycles. The van der Waals surface area contributed by atoms with Crippen LogP contribution in [0.1, 0.15) is 28.4 Å². The van der Waals surface area contributed by atoms with Gasteiger partial charge in [-0.05, 0) is 42.0 Å². The van der Waals surface area contributed by atoms with Crippen molar-refractivity contribution < 1.29 is 24.0 Å². The molecule has 0 bridgehead atoms. The number of allylic oxidation sites excluding steroid dienone is 1. The highest BCUT2D eigenvalue weighted by Gasteiger charge is 2.17. The van der Waals surface area contributed by atoms with E-state index in [1.165, 1.54) is 11.8 Å². The molecule has 1 amide bonds. The molecule has 1 heterocycles. The summed E-state index contributed by atoms with van der Waals surface area (Å²) in [5.41, 5.74) is 3.29. The lowest BCUT2D eigenvalue weighted by Gasteiger charge is -2.24. The van der Waals surface area contributed by atoms with Crippen LogP contribution in [0, 0.1) is 0 Å². The van der Waals surface area contributed by atoms with Gasteiger partial charge in [-0.3, -0.25) is 9.59 Å². The van der Waals surface area contributed by atoms with E-state index in [0.29, 0.717) is 5.56 Å². The zero-order chi connectivity index (χ0) is 20.6. The Labute approximate surface area is 171 Å². The van der Waals surface area contributed by atoms with E-state index < -0.39 is 0 Å². The maximum Gasteiger partial charge on any atom is 0.221 e. The van der Waals surface area contributed by atoms with Crippen LogP contribution in [0.5, 0.6) is 5.75 Å². The van der Waals surface area contributed by atoms with Gasteiger partial charge in [0.05, 0.1) is 20.3 Å². The van der Waals surface area contributed by atoms with Crippen molar-refractivity contribution in [3.8, 4) is 5.75 Å². The third-order valence-corrected chi connectivity index (χ3v) is 4.86. The number of anilines is 1. The molecule has 6 nitrogen and oxygen atoms in total. The van der Waals surface area contributed by atoms with Crippen LogP contribution < -0.4 is 15.0 Å². The molecule has 0 unspecified atom stereocenters. The number of ketones is 1. The minimum atomic E-state index is -0.113. The number of quaternary nitrogens is 1. The summed E-state index contributed by atoms with van der Waals surface area (Å²) in [6, 6.07) is 12.9. The number of amides is 1. The first-order chi connectivity index (χ1) is 14.0. The van der Waals surface area contributed by atoms with E-state index in [4.69, 9.17) is 9.47 Å². The normalized spacial score (nSPS) is 14.7. The highest BCUT2D eigenvalue weighted by Crippen LogP contribution is 2.20. The Balaban J connectivity index is 1.70. The van der Waals surface area contributed by atoms with Crippen LogP contribution in [0.2, 0.25) is 0 Å². The third-order valence-electron chi connectivity index (χ3n) is 4.86. The molecule has 0 aromatic heterocycles. The lowest BCUT2D eigenvalue weighted by atomic mass is 10.0. The van der Waals surface area contributed by atoms with Gasteiger partial charge in [0, 0.05) is 23.7 Å². The molecular weight excluding hydrogens is 368 g/mol. The van der Waals surface area contributed by atoms with Gasteiger partial charge in [-0.1, -0.05) is 18.2 Å². The second-order valence-corrected chi connectivity index (χ2v) is 7.07. The number of ether oxygens (including phenoxy) is 2. The first-order valence-electron chi connectivity index (χ1n) is 9.73. The van der Waals surface area contributed by atoms with E-state index >= 15 is 0 Å². The molecule has 0 radical (unpaired) electrons. The van der Waals surface area contributed by atoms with Crippen molar-refractivity contribution in [2.75, 3.05) is 38.7 Å². The van der Waals surface area contributed by atoms with Gasteiger partial charge in [0.25, 0.3) is 0 Å². The van der Waals surface area contributed by atoms with E-state index in [0.717, 1.165) is 55.4 Å². The highest BCUT2D eigenvalue weighted by atomic mass is 16.5. The molecule has 1 aliphatic heterocycles. The van der Waals surface area contributed by atoms with Gasteiger partial charge in [0.1, 0.15) is 25.4 Å². The van der Waals surface area contributed by atoms with Gasteiger partial charge < -0.3 is 19.7 Å². The minimum Gasteiger partial charge on any atom is -0.496 e. The van der Waals surface area contributed by atoms with Crippen molar-refractivity contribution in [1.29, 1.82) is 0 Å². The largest absolute Gasteiger partial charge is 0.496 e. The molecule has 2 N–H and O–H groups in total. The zero-order valence-corrected chi connectivity index (χ0v) is 16.9. The quantitative estimate of drug-likeness (QED) is 0.556. The first kappa shape index (κ1) is 20.8. The number of carbonyl (C=O) groups excluding carboxylic acids is 2. The summed E-state index contributed by atoms with van der Waals surface area (Å²) in [4.78, 5) is 25.2. The van der Waals surface area contributed by atoms with Crippen LogP contribution >= 0.6 is 0 Å². The van der Waals surface area contributed by atoms with Gasteiger partial charge in [-0.15, -0.1) is 0 Å². The summed E-state index contributed by atoms with van der Waals surface area (Å²) < 4.78 is 10.9. The average Bonchev–Trinajstić information content (AvgIpc) is 2.73. The smallest absolute Gasteiger partial charge is 0.221 e. The first-order valence-corrected chi connectivity index (χ1v) is 9.73. The van der Waals surface area contributed by atoms with Crippen molar-refractivity contribution in [1.82, 2.24) is 0 Å². The maximum atomic E-state index is 12.7. The second-order valence-electron chi connectivity index (χ2n) is 7.07. The molecule has 29 heavy (non-hydrogen) atoms. The fraction of sp³-hybridized carbons (Fsp3) is 0.304. The Morgan fingerprint density at radius 1 is 1.14 bits per heavy atom. The molecule has 1 aliphatic rings. The van der Waals surface area contributed by atoms with Gasteiger partial charge in [0.15, 0.2) is 5.78 Å². The summed E-state index contributed by atoms with van der Waals surface area (Å²) in [6.07, 6.45) is 3.34. The molecule has 2 aromatic carbocycles. The molecule has 3 rings (SSSR count). The van der Waals surface area contributed by atoms with E-state index in [-0.39, 0.29) is 11.7 Å². The monoisotopic (exact) mass is 395 g/mol. The Morgan fingerprint density at radius 3 is 2.52 bits per heavy atom. The number of benzene rings is 2. The Hall–Kier alpha value is -2.96. The molecule has 2 aromatic rings. The minimum absolute atomic E-state index is 0.0585. The van der Waals surface area contributed by atoms with Crippen LogP contribution in [-0.4, -0.2) is 45.1 Å². The number of morpholine rings is 1. The van der Waals surface area contributed by atoms with Gasteiger partial charge >= 0.3 is 0 Å². The Bertz CT molecular complexity index is 884. The molecule has 1 fully saturated rings. The summed E-state index contributed by atoms with van der Waals surface area (Å²) in [6.45, 7) is 5.71. The van der Waals surface area contributed by atoms with Crippen molar-refractivity contribution in [2.24, 2.45) is 0 Å². The molecule has 152 valence electrons. The van der Waals surface area contributed by atoms with Gasteiger partial charge in [0.2, 0.25) is 5.91 Å². The number of hydrogen-bond donors (Lipinski definition) is 2. The fourth-order valence-electron chi connectivity index (χ4n) is 3.33. The summed E-state index contributed by atoms with van der Waals surface area (Å²) in [7, 11) is 1.65. The van der Waals surface area contributed by atoms with E-state index in [2.05, 4.69) is 5.32 Å². The predicted molar refractivity (Wildman–Crippen MR) is 112 cm³/mol. The molecule has 0 saturated carbocycles. The second kappa shape index (κ2) is 10.0. The summed E-state index contributed by atoms with van der Waals surface area (Å²) >= 11 is 0. The standard InChI is InChI=1S/C23H26N2O4/c1-17(26)24-21-7-3-18(4-8-21)5-9-22(27)19-6-10-23(28-2)20(15-19)16-25-11-13-29-14-12-25/h3-10,15H,11-14,16H2,1-2H3,(H,24,26)/p+1/b9-5+. The van der Waals surface area contributed by atoms with E-state index in [1.54, 1.807) is 25.3 Å². The van der Waals surface area contributed by atoms with Crippen molar-refractivity contribution >= 4 is 23.5 Å². The Kier molecular flexibility index (Phi) is 7.16. The summed E-state index contributed by atoms with van der Waals surface area (Å²) in [5, 5.41) is 2.72. The number of nitrogens with one attached hydrogen (secondary N) is 2. The average molecular weight is 395 g/mol. The van der Waals surface area contributed by atoms with Crippen molar-refractivity contribution in [2.45, 2.75) is 13.5 Å². The van der Waals surface area contributed by atoms with Crippen LogP contribution in [-0.2, 0) is 16.1 Å². The van der Waals surface area contributed by atoms with Crippen molar-refractivity contribution in [3.63, 3.8) is 0 Å². The van der Waals surface area contributed by atoms with Crippen molar-refractivity contribution in [3.05, 3.63) is 65.2 Å². The number of carbonyl (C=O) groups is 2. The highest BCUT2D eigenvalue weighted by molar-refractivity contribution is 6.07.